The number of hydrogen-bond donors (Lipinski definition) is 1. The maximum absolute atomic E-state index is 12.5. The van der Waals surface area contributed by atoms with Gasteiger partial charge in [-0.1, -0.05) is 6.07 Å². The van der Waals surface area contributed by atoms with Crippen LogP contribution in [0, 0.1) is 13.8 Å². The largest absolute Gasteiger partial charge is 0.319 e. The minimum atomic E-state index is -0.285. The van der Waals surface area contributed by atoms with E-state index in [-0.39, 0.29) is 5.91 Å². The van der Waals surface area contributed by atoms with Crippen LogP contribution >= 0.6 is 0 Å². The van der Waals surface area contributed by atoms with Crippen molar-refractivity contribution < 1.29 is 4.79 Å². The lowest BCUT2D eigenvalue weighted by Gasteiger charge is -2.07. The first-order valence-corrected chi connectivity index (χ1v) is 8.10. The molecule has 0 saturated heterocycles. The number of aryl methyl sites for hydroxylation is 2. The van der Waals surface area contributed by atoms with Crippen LogP contribution in [0.25, 0.3) is 11.6 Å². The molecule has 10 nitrogen and oxygen atoms in total. The quantitative estimate of drug-likeness (QED) is 0.585. The lowest BCUT2D eigenvalue weighted by molar-refractivity contribution is 0.102. The van der Waals surface area contributed by atoms with Crippen LogP contribution in [0.1, 0.15) is 21.7 Å². The Balaban J connectivity index is 1.52. The molecule has 3 heterocycles. The fourth-order valence-electron chi connectivity index (χ4n) is 2.60. The van der Waals surface area contributed by atoms with E-state index in [1.807, 2.05) is 19.9 Å². The number of rotatable bonds is 4. The highest BCUT2D eigenvalue weighted by Gasteiger charge is 2.10. The standard InChI is InChI=1S/C17H15N9O/c1-11-6-12(2)26(22-11)17-18-8-14(9-19-17)21-16(27)13-4-3-5-15(7-13)25-10-20-23-24-25/h3-10H,1-2H3,(H,21,27). The van der Waals surface area contributed by atoms with Gasteiger partial charge in [0.05, 0.1) is 29.5 Å². The second-order valence-corrected chi connectivity index (χ2v) is 5.87. The molecule has 134 valence electrons. The highest BCUT2D eigenvalue weighted by atomic mass is 16.1. The van der Waals surface area contributed by atoms with E-state index in [1.165, 1.54) is 11.0 Å². The molecular weight excluding hydrogens is 346 g/mol. The van der Waals surface area contributed by atoms with Crippen molar-refractivity contribution in [2.45, 2.75) is 13.8 Å². The van der Waals surface area contributed by atoms with Crippen LogP contribution < -0.4 is 5.32 Å². The minimum Gasteiger partial charge on any atom is -0.319 e. The molecule has 0 aliphatic carbocycles. The van der Waals surface area contributed by atoms with Crippen molar-refractivity contribution in [1.82, 2.24) is 40.0 Å². The van der Waals surface area contributed by atoms with E-state index >= 15 is 0 Å². The fourth-order valence-corrected chi connectivity index (χ4v) is 2.60. The molecule has 1 amide bonds. The first-order valence-electron chi connectivity index (χ1n) is 8.10. The van der Waals surface area contributed by atoms with Crippen molar-refractivity contribution in [1.29, 1.82) is 0 Å². The van der Waals surface area contributed by atoms with Crippen molar-refractivity contribution in [3.63, 3.8) is 0 Å². The van der Waals surface area contributed by atoms with Crippen molar-refractivity contribution in [2.75, 3.05) is 5.32 Å². The van der Waals surface area contributed by atoms with E-state index in [4.69, 9.17) is 0 Å². The van der Waals surface area contributed by atoms with E-state index in [0.29, 0.717) is 22.9 Å². The van der Waals surface area contributed by atoms with Crippen LogP contribution in [0.3, 0.4) is 0 Å². The van der Waals surface area contributed by atoms with Gasteiger partial charge in [0.2, 0.25) is 0 Å². The van der Waals surface area contributed by atoms with Crippen LogP contribution in [0.15, 0.2) is 49.1 Å². The predicted octanol–water partition coefficient (Wildman–Crippen LogP) is 1.51. The molecule has 1 aromatic carbocycles. The van der Waals surface area contributed by atoms with E-state index in [2.05, 4.69) is 35.9 Å². The minimum absolute atomic E-state index is 0.285. The predicted molar refractivity (Wildman–Crippen MR) is 95.7 cm³/mol. The maximum Gasteiger partial charge on any atom is 0.255 e. The van der Waals surface area contributed by atoms with Gasteiger partial charge in [-0.2, -0.15) is 5.10 Å². The van der Waals surface area contributed by atoms with E-state index in [9.17, 15) is 4.79 Å². The smallest absolute Gasteiger partial charge is 0.255 e. The summed E-state index contributed by atoms with van der Waals surface area (Å²) in [4.78, 5) is 21.0. The SMILES string of the molecule is Cc1cc(C)n(-c2ncc(NC(=O)c3cccc(-n4cnnn4)c3)cn2)n1. The molecule has 0 aliphatic heterocycles. The third-order valence-electron chi connectivity index (χ3n) is 3.82. The van der Waals surface area contributed by atoms with Gasteiger partial charge in [-0.05, 0) is 48.5 Å². The third kappa shape index (κ3) is 3.40. The molecule has 10 heteroatoms. The van der Waals surface area contributed by atoms with Crippen molar-refractivity contribution >= 4 is 11.6 Å². The van der Waals surface area contributed by atoms with Crippen LogP contribution in [0.5, 0.6) is 0 Å². The molecule has 0 unspecified atom stereocenters. The summed E-state index contributed by atoms with van der Waals surface area (Å²) in [5.74, 6) is 0.159. The summed E-state index contributed by atoms with van der Waals surface area (Å²) < 4.78 is 3.12. The monoisotopic (exact) mass is 361 g/mol. The Bertz CT molecular complexity index is 1080. The molecule has 0 bridgehead atoms. The second kappa shape index (κ2) is 6.75. The Morgan fingerprint density at radius 3 is 2.59 bits per heavy atom. The average Bonchev–Trinajstić information content (AvgIpc) is 3.32. The number of benzene rings is 1. The van der Waals surface area contributed by atoms with Crippen LogP contribution in [-0.4, -0.2) is 45.9 Å². The van der Waals surface area contributed by atoms with Crippen molar-refractivity contribution in [3.05, 3.63) is 66.0 Å². The zero-order valence-corrected chi connectivity index (χ0v) is 14.6. The fraction of sp³-hybridized carbons (Fsp3) is 0.118. The number of amides is 1. The van der Waals surface area contributed by atoms with Gasteiger partial charge in [-0.3, -0.25) is 4.79 Å². The topological polar surface area (TPSA) is 116 Å². The van der Waals surface area contributed by atoms with Crippen LogP contribution in [0.2, 0.25) is 0 Å². The summed E-state index contributed by atoms with van der Waals surface area (Å²) in [7, 11) is 0. The Hall–Kier alpha value is -3.95. The molecule has 4 rings (SSSR count). The second-order valence-electron chi connectivity index (χ2n) is 5.87. The summed E-state index contributed by atoms with van der Waals surface area (Å²) in [5, 5.41) is 18.1. The molecule has 4 aromatic rings. The van der Waals surface area contributed by atoms with Crippen molar-refractivity contribution in [2.24, 2.45) is 0 Å². The third-order valence-corrected chi connectivity index (χ3v) is 3.82. The van der Waals surface area contributed by atoms with Gasteiger partial charge in [0, 0.05) is 11.3 Å². The van der Waals surface area contributed by atoms with E-state index in [0.717, 1.165) is 11.4 Å². The number of tetrazole rings is 1. The summed E-state index contributed by atoms with van der Waals surface area (Å²) in [6.07, 6.45) is 4.55. The molecule has 1 N–H and O–H groups in total. The van der Waals surface area contributed by atoms with Gasteiger partial charge >= 0.3 is 0 Å². The Morgan fingerprint density at radius 1 is 1.11 bits per heavy atom. The zero-order chi connectivity index (χ0) is 18.8. The van der Waals surface area contributed by atoms with Gasteiger partial charge < -0.3 is 5.32 Å². The molecule has 27 heavy (non-hydrogen) atoms. The maximum atomic E-state index is 12.5. The van der Waals surface area contributed by atoms with Gasteiger partial charge in [0.25, 0.3) is 11.9 Å². The summed E-state index contributed by atoms with van der Waals surface area (Å²) >= 11 is 0. The average molecular weight is 361 g/mol. The first-order chi connectivity index (χ1) is 13.1. The Kier molecular flexibility index (Phi) is 4.13. The van der Waals surface area contributed by atoms with Crippen LogP contribution in [-0.2, 0) is 0 Å². The molecule has 0 fully saturated rings. The molecule has 3 aromatic heterocycles. The first kappa shape index (κ1) is 16.5. The number of anilines is 1. The molecule has 0 atom stereocenters. The number of aromatic nitrogens is 8. The zero-order valence-electron chi connectivity index (χ0n) is 14.6. The van der Waals surface area contributed by atoms with E-state index in [1.54, 1.807) is 41.3 Å². The van der Waals surface area contributed by atoms with Crippen LogP contribution in [0.4, 0.5) is 5.69 Å². The van der Waals surface area contributed by atoms with Gasteiger partial charge in [0.15, 0.2) is 0 Å². The number of hydrogen-bond acceptors (Lipinski definition) is 7. The van der Waals surface area contributed by atoms with Gasteiger partial charge in [-0.25, -0.2) is 19.3 Å². The summed E-state index contributed by atoms with van der Waals surface area (Å²) in [6, 6.07) is 8.90. The molecule has 0 saturated carbocycles. The summed E-state index contributed by atoms with van der Waals surface area (Å²) in [5.41, 5.74) is 3.45. The highest BCUT2D eigenvalue weighted by Crippen LogP contribution is 2.13. The molecule has 0 aliphatic rings. The number of carbonyl (C=O) groups excluding carboxylic acids is 1. The number of nitrogens with one attached hydrogen (secondary N) is 1. The number of carbonyl (C=O) groups is 1. The highest BCUT2D eigenvalue weighted by molar-refractivity contribution is 6.04. The molecular formula is C17H15N9O. The number of nitrogens with zero attached hydrogens (tertiary/aromatic N) is 8. The van der Waals surface area contributed by atoms with Gasteiger partial charge in [0.1, 0.15) is 6.33 Å². The van der Waals surface area contributed by atoms with Crippen molar-refractivity contribution in [3.8, 4) is 11.6 Å². The Morgan fingerprint density at radius 2 is 1.93 bits per heavy atom. The normalized spacial score (nSPS) is 10.7. The summed E-state index contributed by atoms with van der Waals surface area (Å²) in [6.45, 7) is 3.83. The molecule has 0 radical (unpaired) electrons. The Labute approximate surface area is 153 Å². The van der Waals surface area contributed by atoms with E-state index < -0.39 is 0 Å². The lowest BCUT2D eigenvalue weighted by atomic mass is 10.2. The molecule has 0 spiro atoms. The lowest BCUT2D eigenvalue weighted by Crippen LogP contribution is -2.13. The van der Waals surface area contributed by atoms with Gasteiger partial charge in [-0.15, -0.1) is 5.10 Å².